The van der Waals surface area contributed by atoms with Crippen LogP contribution >= 0.6 is 23.2 Å². The van der Waals surface area contributed by atoms with Gasteiger partial charge in [0.15, 0.2) is 5.82 Å². The van der Waals surface area contributed by atoms with Gasteiger partial charge in [-0.2, -0.15) is 9.67 Å². The summed E-state index contributed by atoms with van der Waals surface area (Å²) < 4.78 is 1.04. The quantitative estimate of drug-likeness (QED) is 0.765. The van der Waals surface area contributed by atoms with E-state index in [1.165, 1.54) is 12.1 Å². The number of nitrogens with two attached hydrogens (primary N) is 1. The second-order valence-corrected chi connectivity index (χ2v) is 5.79. The van der Waals surface area contributed by atoms with Crippen LogP contribution in [0.4, 0.5) is 5.95 Å². The largest absolute Gasteiger partial charge is 0.368 e. The van der Waals surface area contributed by atoms with Crippen molar-refractivity contribution in [3.63, 3.8) is 0 Å². The van der Waals surface area contributed by atoms with Crippen LogP contribution in [0, 0.1) is 6.92 Å². The van der Waals surface area contributed by atoms with E-state index < -0.39 is 5.91 Å². The van der Waals surface area contributed by atoms with Crippen molar-refractivity contribution in [3.8, 4) is 11.4 Å². The lowest BCUT2D eigenvalue weighted by Gasteiger charge is -2.04. The molecule has 23 heavy (non-hydrogen) atoms. The predicted molar refractivity (Wildman–Crippen MR) is 90.8 cm³/mol. The maximum absolute atomic E-state index is 12.6. The molecule has 0 spiro atoms. The van der Waals surface area contributed by atoms with E-state index in [1.54, 1.807) is 6.07 Å². The van der Waals surface area contributed by atoms with Crippen molar-refractivity contribution in [2.75, 3.05) is 5.73 Å². The van der Waals surface area contributed by atoms with Crippen LogP contribution in [0.1, 0.15) is 15.9 Å². The fraction of sp³-hybridized carbons (Fsp3) is 0.0625. The summed E-state index contributed by atoms with van der Waals surface area (Å²) in [5, 5.41) is 4.89. The molecule has 0 aliphatic carbocycles. The molecule has 0 aliphatic rings. The Morgan fingerprint density at radius 3 is 2.61 bits per heavy atom. The number of aryl methyl sites for hydroxylation is 1. The molecule has 5 nitrogen and oxygen atoms in total. The van der Waals surface area contributed by atoms with Crippen LogP contribution in [0.25, 0.3) is 11.4 Å². The molecule has 0 saturated heterocycles. The Morgan fingerprint density at radius 2 is 1.91 bits per heavy atom. The van der Waals surface area contributed by atoms with Gasteiger partial charge in [-0.3, -0.25) is 4.79 Å². The highest BCUT2D eigenvalue weighted by Gasteiger charge is 2.19. The highest BCUT2D eigenvalue weighted by atomic mass is 35.5. The third-order valence-corrected chi connectivity index (χ3v) is 3.92. The first kappa shape index (κ1) is 15.5. The van der Waals surface area contributed by atoms with Gasteiger partial charge in [-0.15, -0.1) is 5.10 Å². The molecule has 0 atom stereocenters. The monoisotopic (exact) mass is 346 g/mol. The van der Waals surface area contributed by atoms with Gasteiger partial charge in [0.2, 0.25) is 5.95 Å². The molecular weight excluding hydrogens is 335 g/mol. The summed E-state index contributed by atoms with van der Waals surface area (Å²) in [4.78, 5) is 16.8. The average molecular weight is 347 g/mol. The summed E-state index contributed by atoms with van der Waals surface area (Å²) in [6.07, 6.45) is 0. The molecule has 0 aliphatic heterocycles. The minimum Gasteiger partial charge on any atom is -0.368 e. The van der Waals surface area contributed by atoms with Gasteiger partial charge in [-0.05, 0) is 30.7 Å². The topological polar surface area (TPSA) is 73.8 Å². The lowest BCUT2D eigenvalue weighted by atomic mass is 10.1. The number of anilines is 1. The number of carbonyl (C=O) groups excluding carboxylic acids is 1. The summed E-state index contributed by atoms with van der Waals surface area (Å²) in [5.41, 5.74) is 7.90. The van der Waals surface area contributed by atoms with Gasteiger partial charge in [0.25, 0.3) is 5.91 Å². The fourth-order valence-electron chi connectivity index (χ4n) is 2.19. The highest BCUT2D eigenvalue weighted by Crippen LogP contribution is 2.24. The van der Waals surface area contributed by atoms with E-state index in [2.05, 4.69) is 10.1 Å². The summed E-state index contributed by atoms with van der Waals surface area (Å²) in [5.74, 6) is -0.0743. The average Bonchev–Trinajstić information content (AvgIpc) is 2.89. The molecule has 0 bridgehead atoms. The van der Waals surface area contributed by atoms with E-state index in [0.717, 1.165) is 15.8 Å². The number of benzene rings is 2. The summed E-state index contributed by atoms with van der Waals surface area (Å²) in [6.45, 7) is 1.93. The van der Waals surface area contributed by atoms with E-state index in [-0.39, 0.29) is 16.5 Å². The molecular formula is C16H12Cl2N4O. The maximum atomic E-state index is 12.6. The smallest absolute Gasteiger partial charge is 0.282 e. The van der Waals surface area contributed by atoms with Crippen LogP contribution in [-0.2, 0) is 0 Å². The van der Waals surface area contributed by atoms with Crippen molar-refractivity contribution in [1.29, 1.82) is 0 Å². The molecule has 0 unspecified atom stereocenters. The number of aromatic nitrogens is 3. The zero-order chi connectivity index (χ0) is 16.6. The Hall–Kier alpha value is -2.37. The molecule has 3 aromatic rings. The summed E-state index contributed by atoms with van der Waals surface area (Å²) in [7, 11) is 0. The molecule has 0 amide bonds. The maximum Gasteiger partial charge on any atom is 0.282 e. The predicted octanol–water partition coefficient (Wildman–Crippen LogP) is 3.83. The molecule has 0 radical (unpaired) electrons. The van der Waals surface area contributed by atoms with Crippen molar-refractivity contribution >= 4 is 35.1 Å². The molecule has 1 aromatic heterocycles. The Labute approximate surface area is 142 Å². The molecule has 2 N–H and O–H groups in total. The molecule has 0 fully saturated rings. The number of halogens is 2. The zero-order valence-corrected chi connectivity index (χ0v) is 13.6. The van der Waals surface area contributed by atoms with Gasteiger partial charge >= 0.3 is 0 Å². The van der Waals surface area contributed by atoms with Crippen molar-refractivity contribution in [3.05, 3.63) is 63.6 Å². The Balaban J connectivity index is 2.04. The molecule has 7 heteroatoms. The van der Waals surface area contributed by atoms with E-state index in [9.17, 15) is 4.79 Å². The van der Waals surface area contributed by atoms with Crippen LogP contribution in [0.2, 0.25) is 10.0 Å². The molecule has 116 valence electrons. The minimum absolute atomic E-state index is 0.000676. The normalized spacial score (nSPS) is 10.7. The number of hydrogen-bond acceptors (Lipinski definition) is 4. The van der Waals surface area contributed by atoms with Gasteiger partial charge < -0.3 is 5.73 Å². The second-order valence-electron chi connectivity index (χ2n) is 4.95. The van der Waals surface area contributed by atoms with Gasteiger partial charge in [0, 0.05) is 10.6 Å². The SMILES string of the molecule is Cc1ccccc1-c1nc(N)n(C(=O)c2ccc(Cl)cc2Cl)n1. The number of nitrogens with zero attached hydrogens (tertiary/aromatic N) is 3. The lowest BCUT2D eigenvalue weighted by Crippen LogP contribution is -2.16. The number of nitrogen functional groups attached to an aromatic ring is 1. The van der Waals surface area contributed by atoms with Crippen molar-refractivity contribution < 1.29 is 4.79 Å². The minimum atomic E-state index is -0.462. The molecule has 2 aromatic carbocycles. The van der Waals surface area contributed by atoms with Crippen LogP contribution in [0.3, 0.4) is 0 Å². The number of rotatable bonds is 2. The first-order chi connectivity index (χ1) is 11.0. The van der Waals surface area contributed by atoms with E-state index in [4.69, 9.17) is 28.9 Å². The first-order valence-corrected chi connectivity index (χ1v) is 7.51. The molecule has 1 heterocycles. The van der Waals surface area contributed by atoms with Crippen molar-refractivity contribution in [2.45, 2.75) is 6.92 Å². The molecule has 3 rings (SSSR count). The standard InChI is InChI=1S/C16H12Cl2N4O/c1-9-4-2-3-5-11(9)14-20-16(19)22(21-14)15(23)12-7-6-10(17)8-13(12)18/h2-8H,1H3,(H2,19,20,21). The van der Waals surface area contributed by atoms with Gasteiger partial charge in [-0.1, -0.05) is 47.5 Å². The van der Waals surface area contributed by atoms with Gasteiger partial charge in [0.05, 0.1) is 10.6 Å². The number of hydrogen-bond donors (Lipinski definition) is 1. The van der Waals surface area contributed by atoms with Crippen molar-refractivity contribution in [2.24, 2.45) is 0 Å². The number of carbonyl (C=O) groups is 1. The first-order valence-electron chi connectivity index (χ1n) is 6.75. The van der Waals surface area contributed by atoms with Crippen LogP contribution < -0.4 is 5.73 Å². The van der Waals surface area contributed by atoms with Crippen molar-refractivity contribution in [1.82, 2.24) is 14.8 Å². The Kier molecular flexibility index (Phi) is 4.07. The summed E-state index contributed by atoms with van der Waals surface area (Å²) >= 11 is 11.9. The third-order valence-electron chi connectivity index (χ3n) is 3.37. The van der Waals surface area contributed by atoms with Crippen LogP contribution in [-0.4, -0.2) is 20.7 Å². The van der Waals surface area contributed by atoms with E-state index >= 15 is 0 Å². The van der Waals surface area contributed by atoms with Gasteiger partial charge in [-0.25, -0.2) is 0 Å². The van der Waals surface area contributed by atoms with Gasteiger partial charge in [0.1, 0.15) is 0 Å². The summed E-state index contributed by atoms with van der Waals surface area (Å²) in [6, 6.07) is 12.2. The lowest BCUT2D eigenvalue weighted by molar-refractivity contribution is 0.0948. The zero-order valence-electron chi connectivity index (χ0n) is 12.1. The van der Waals surface area contributed by atoms with E-state index in [0.29, 0.717) is 10.8 Å². The van der Waals surface area contributed by atoms with E-state index in [1.807, 2.05) is 31.2 Å². The van der Waals surface area contributed by atoms with Crippen LogP contribution in [0.15, 0.2) is 42.5 Å². The Morgan fingerprint density at radius 1 is 1.17 bits per heavy atom. The second kappa shape index (κ2) is 6.02. The highest BCUT2D eigenvalue weighted by molar-refractivity contribution is 6.36. The molecule has 0 saturated carbocycles. The van der Waals surface area contributed by atoms with Crippen LogP contribution in [0.5, 0.6) is 0 Å². The Bertz CT molecular complexity index is 905. The third kappa shape index (κ3) is 2.93. The fourth-order valence-corrected chi connectivity index (χ4v) is 2.68.